The predicted molar refractivity (Wildman–Crippen MR) is 52.1 cm³/mol. The molecule has 0 saturated heterocycles. The van der Waals surface area contributed by atoms with E-state index in [1.807, 2.05) is 0 Å². The highest BCUT2D eigenvalue weighted by Gasteiger charge is 2.39. The molecule has 1 rings (SSSR count). The molecule has 18 heavy (non-hydrogen) atoms. The Hall–Kier alpha value is -2.10. The van der Waals surface area contributed by atoms with Crippen LogP contribution in [0.25, 0.3) is 0 Å². The second-order valence-corrected chi connectivity index (χ2v) is 3.21. The standard InChI is InChI=1S/C11H7F4NO2/c1-2-18-10(17)7-3-6(5-16)4-8(12)9(7)11(13,14)15/h3-4H,2H2,1H3. The Balaban J connectivity index is 3.50. The molecule has 0 heterocycles. The first-order valence-electron chi connectivity index (χ1n) is 4.79. The van der Waals surface area contributed by atoms with Crippen molar-refractivity contribution in [3.05, 3.63) is 34.6 Å². The summed E-state index contributed by atoms with van der Waals surface area (Å²) in [6.45, 7) is 1.24. The van der Waals surface area contributed by atoms with Crippen molar-refractivity contribution in [2.45, 2.75) is 13.1 Å². The van der Waals surface area contributed by atoms with E-state index >= 15 is 0 Å². The highest BCUT2D eigenvalue weighted by Crippen LogP contribution is 2.35. The van der Waals surface area contributed by atoms with Crippen LogP contribution in [-0.4, -0.2) is 12.6 Å². The van der Waals surface area contributed by atoms with Gasteiger partial charge in [0.25, 0.3) is 0 Å². The van der Waals surface area contributed by atoms with Crippen molar-refractivity contribution in [1.82, 2.24) is 0 Å². The molecule has 0 atom stereocenters. The Labute approximate surface area is 99.6 Å². The van der Waals surface area contributed by atoms with E-state index in [1.54, 1.807) is 0 Å². The van der Waals surface area contributed by atoms with E-state index in [4.69, 9.17) is 5.26 Å². The van der Waals surface area contributed by atoms with Crippen LogP contribution < -0.4 is 0 Å². The van der Waals surface area contributed by atoms with Crippen LogP contribution in [0.15, 0.2) is 12.1 Å². The molecule has 0 bridgehead atoms. The number of carbonyl (C=O) groups is 1. The zero-order valence-corrected chi connectivity index (χ0v) is 9.14. The van der Waals surface area contributed by atoms with Gasteiger partial charge in [0, 0.05) is 0 Å². The molecule has 0 aliphatic rings. The molecular weight excluding hydrogens is 254 g/mol. The summed E-state index contributed by atoms with van der Waals surface area (Å²) in [6, 6.07) is 2.55. The van der Waals surface area contributed by atoms with Gasteiger partial charge < -0.3 is 4.74 Å². The SMILES string of the molecule is CCOC(=O)c1cc(C#N)cc(F)c1C(F)(F)F. The van der Waals surface area contributed by atoms with Crippen LogP contribution in [0.5, 0.6) is 0 Å². The number of alkyl halides is 3. The van der Waals surface area contributed by atoms with Gasteiger partial charge in [-0.1, -0.05) is 0 Å². The normalized spacial score (nSPS) is 10.9. The summed E-state index contributed by atoms with van der Waals surface area (Å²) in [4.78, 5) is 11.3. The molecule has 0 spiro atoms. The topological polar surface area (TPSA) is 50.1 Å². The molecular formula is C11H7F4NO2. The highest BCUT2D eigenvalue weighted by atomic mass is 19.4. The summed E-state index contributed by atoms with van der Waals surface area (Å²) >= 11 is 0. The molecule has 1 aromatic carbocycles. The lowest BCUT2D eigenvalue weighted by Gasteiger charge is -2.13. The summed E-state index contributed by atoms with van der Waals surface area (Å²) in [5.74, 6) is -2.99. The van der Waals surface area contributed by atoms with Crippen LogP contribution in [0.2, 0.25) is 0 Å². The molecule has 0 aliphatic heterocycles. The van der Waals surface area contributed by atoms with Gasteiger partial charge in [0.05, 0.1) is 23.8 Å². The lowest BCUT2D eigenvalue weighted by atomic mass is 10.0. The van der Waals surface area contributed by atoms with Gasteiger partial charge in [-0.25, -0.2) is 9.18 Å². The second kappa shape index (κ2) is 5.04. The number of nitriles is 1. The lowest BCUT2D eigenvalue weighted by molar-refractivity contribution is -0.140. The number of nitrogens with zero attached hydrogens (tertiary/aromatic N) is 1. The van der Waals surface area contributed by atoms with E-state index in [-0.39, 0.29) is 12.2 Å². The minimum atomic E-state index is -5.04. The third-order valence-electron chi connectivity index (χ3n) is 2.00. The van der Waals surface area contributed by atoms with Gasteiger partial charge in [-0.3, -0.25) is 0 Å². The quantitative estimate of drug-likeness (QED) is 0.607. The maximum atomic E-state index is 13.3. The van der Waals surface area contributed by atoms with Crippen LogP contribution >= 0.6 is 0 Å². The number of ether oxygens (including phenoxy) is 1. The van der Waals surface area contributed by atoms with E-state index in [0.29, 0.717) is 12.1 Å². The zero-order valence-electron chi connectivity index (χ0n) is 9.14. The molecule has 0 aromatic heterocycles. The number of carbonyl (C=O) groups excluding carboxylic acids is 1. The molecule has 0 N–H and O–H groups in total. The van der Waals surface area contributed by atoms with Crippen LogP contribution in [0.3, 0.4) is 0 Å². The van der Waals surface area contributed by atoms with Crippen molar-refractivity contribution < 1.29 is 27.1 Å². The van der Waals surface area contributed by atoms with Gasteiger partial charge in [-0.15, -0.1) is 0 Å². The van der Waals surface area contributed by atoms with Crippen molar-refractivity contribution in [3.8, 4) is 6.07 Å². The number of benzene rings is 1. The maximum Gasteiger partial charge on any atom is 0.420 e. The van der Waals surface area contributed by atoms with Crippen molar-refractivity contribution in [2.75, 3.05) is 6.61 Å². The highest BCUT2D eigenvalue weighted by molar-refractivity contribution is 5.91. The first kappa shape index (κ1) is 14.0. The Morgan fingerprint density at radius 3 is 2.50 bits per heavy atom. The molecule has 0 amide bonds. The molecule has 0 fully saturated rings. The maximum absolute atomic E-state index is 13.3. The van der Waals surface area contributed by atoms with E-state index in [2.05, 4.69) is 4.74 Å². The largest absolute Gasteiger partial charge is 0.462 e. The number of hydrogen-bond donors (Lipinski definition) is 0. The third kappa shape index (κ3) is 2.77. The molecule has 0 unspecified atom stereocenters. The summed E-state index contributed by atoms with van der Waals surface area (Å²) in [6.07, 6.45) is -5.04. The summed E-state index contributed by atoms with van der Waals surface area (Å²) < 4.78 is 55.6. The minimum absolute atomic E-state index is 0.158. The van der Waals surface area contributed by atoms with Crippen LogP contribution in [0, 0.1) is 17.1 Å². The fourth-order valence-corrected chi connectivity index (χ4v) is 1.33. The van der Waals surface area contributed by atoms with Gasteiger partial charge in [-0.05, 0) is 19.1 Å². The second-order valence-electron chi connectivity index (χ2n) is 3.21. The van der Waals surface area contributed by atoms with E-state index in [0.717, 1.165) is 0 Å². The fourth-order valence-electron chi connectivity index (χ4n) is 1.33. The molecule has 0 saturated carbocycles. The number of hydrogen-bond acceptors (Lipinski definition) is 3. The van der Waals surface area contributed by atoms with Crippen LogP contribution in [-0.2, 0) is 10.9 Å². The van der Waals surface area contributed by atoms with Crippen molar-refractivity contribution >= 4 is 5.97 Å². The summed E-state index contributed by atoms with van der Waals surface area (Å²) in [5.41, 5.74) is -3.11. The summed E-state index contributed by atoms with van der Waals surface area (Å²) in [7, 11) is 0. The minimum Gasteiger partial charge on any atom is -0.462 e. The number of esters is 1. The van der Waals surface area contributed by atoms with Gasteiger partial charge in [0.1, 0.15) is 11.4 Å². The first-order chi connectivity index (χ1) is 8.31. The van der Waals surface area contributed by atoms with Crippen LogP contribution in [0.4, 0.5) is 17.6 Å². The number of rotatable bonds is 2. The molecule has 96 valence electrons. The van der Waals surface area contributed by atoms with Gasteiger partial charge >= 0.3 is 12.1 Å². The fraction of sp³-hybridized carbons (Fsp3) is 0.273. The van der Waals surface area contributed by atoms with Crippen molar-refractivity contribution in [2.24, 2.45) is 0 Å². The predicted octanol–water partition coefficient (Wildman–Crippen LogP) is 2.89. The van der Waals surface area contributed by atoms with Crippen molar-refractivity contribution in [3.63, 3.8) is 0 Å². The van der Waals surface area contributed by atoms with Crippen LogP contribution in [0.1, 0.15) is 28.4 Å². The smallest absolute Gasteiger partial charge is 0.420 e. The van der Waals surface area contributed by atoms with E-state index in [9.17, 15) is 22.4 Å². The van der Waals surface area contributed by atoms with E-state index in [1.165, 1.54) is 13.0 Å². The Morgan fingerprint density at radius 2 is 2.06 bits per heavy atom. The lowest BCUT2D eigenvalue weighted by Crippen LogP contribution is -2.17. The van der Waals surface area contributed by atoms with Gasteiger partial charge in [-0.2, -0.15) is 18.4 Å². The Bertz CT molecular complexity index is 517. The third-order valence-corrected chi connectivity index (χ3v) is 2.00. The molecule has 7 heteroatoms. The number of halogens is 4. The monoisotopic (exact) mass is 261 g/mol. The molecule has 0 radical (unpaired) electrons. The molecule has 0 aliphatic carbocycles. The average molecular weight is 261 g/mol. The molecule has 1 aromatic rings. The van der Waals surface area contributed by atoms with Crippen molar-refractivity contribution in [1.29, 1.82) is 5.26 Å². The summed E-state index contributed by atoms with van der Waals surface area (Å²) in [5, 5.41) is 8.54. The first-order valence-corrected chi connectivity index (χ1v) is 4.79. The zero-order chi connectivity index (χ0) is 13.9. The van der Waals surface area contributed by atoms with Gasteiger partial charge in [0.2, 0.25) is 0 Å². The van der Waals surface area contributed by atoms with Gasteiger partial charge in [0.15, 0.2) is 0 Å². The Kier molecular flexibility index (Phi) is 3.91. The average Bonchev–Trinajstić information content (AvgIpc) is 2.26. The van der Waals surface area contributed by atoms with E-state index < -0.39 is 29.1 Å². The molecule has 3 nitrogen and oxygen atoms in total. The Morgan fingerprint density at radius 1 is 1.44 bits per heavy atom.